The Labute approximate surface area is 183 Å². The maximum absolute atomic E-state index is 13.2. The number of carbonyl (C=O) groups is 1. The van der Waals surface area contributed by atoms with Crippen molar-refractivity contribution in [2.45, 2.75) is 11.8 Å². The number of carbonyl (C=O) groups excluding carboxylic acids is 1. The Morgan fingerprint density at radius 1 is 0.812 bits per heavy atom. The van der Waals surface area contributed by atoms with E-state index in [1.807, 2.05) is 0 Å². The summed E-state index contributed by atoms with van der Waals surface area (Å²) in [7, 11) is -4.04. The number of para-hydroxylation sites is 2. The molecule has 0 radical (unpaired) electrons. The first-order valence-electron chi connectivity index (χ1n) is 9.50. The van der Waals surface area contributed by atoms with Gasteiger partial charge in [0.1, 0.15) is 5.82 Å². The Balaban J connectivity index is 1.70. The number of hydrogen-bond donors (Lipinski definition) is 3. The van der Waals surface area contributed by atoms with Crippen LogP contribution in [0.2, 0.25) is 0 Å². The van der Waals surface area contributed by atoms with Crippen molar-refractivity contribution in [2.24, 2.45) is 0 Å². The molecule has 8 nitrogen and oxygen atoms in total. The molecule has 32 heavy (non-hydrogen) atoms. The standard InChI is InChI=1S/C22H18FN5O3S/c1-14(29)24-16-8-10-17(11-9-16)25-21-22(27-20-5-3-2-4-19(20)26-21)28-32(30,31)18-12-6-15(23)7-13-18/h2-13H,1H3,(H,24,29)(H,25,26)(H,27,28). The van der Waals surface area contributed by atoms with Gasteiger partial charge in [-0.15, -0.1) is 0 Å². The minimum atomic E-state index is -4.04. The Morgan fingerprint density at radius 3 is 1.97 bits per heavy atom. The van der Waals surface area contributed by atoms with E-state index in [0.29, 0.717) is 22.4 Å². The molecule has 4 aromatic rings. The van der Waals surface area contributed by atoms with Gasteiger partial charge in [-0.2, -0.15) is 0 Å². The molecular weight excluding hydrogens is 433 g/mol. The summed E-state index contributed by atoms with van der Waals surface area (Å²) >= 11 is 0. The molecule has 162 valence electrons. The van der Waals surface area contributed by atoms with Crippen LogP contribution in [0.15, 0.2) is 77.7 Å². The van der Waals surface area contributed by atoms with Crippen molar-refractivity contribution < 1.29 is 17.6 Å². The largest absolute Gasteiger partial charge is 0.337 e. The van der Waals surface area contributed by atoms with Crippen LogP contribution >= 0.6 is 0 Å². The molecule has 0 bridgehead atoms. The second-order valence-electron chi connectivity index (χ2n) is 6.85. The maximum Gasteiger partial charge on any atom is 0.263 e. The van der Waals surface area contributed by atoms with Gasteiger partial charge in [-0.3, -0.25) is 9.52 Å². The molecule has 0 unspecified atom stereocenters. The number of nitrogens with zero attached hydrogens (tertiary/aromatic N) is 2. The molecular formula is C22H18FN5O3S. The monoisotopic (exact) mass is 451 g/mol. The summed E-state index contributed by atoms with van der Waals surface area (Å²) < 4.78 is 41.3. The topological polar surface area (TPSA) is 113 Å². The zero-order valence-corrected chi connectivity index (χ0v) is 17.7. The summed E-state index contributed by atoms with van der Waals surface area (Å²) in [6.45, 7) is 1.41. The highest BCUT2D eigenvalue weighted by atomic mass is 32.2. The lowest BCUT2D eigenvalue weighted by molar-refractivity contribution is -0.114. The van der Waals surface area contributed by atoms with Gasteiger partial charge in [-0.1, -0.05) is 12.1 Å². The SMILES string of the molecule is CC(=O)Nc1ccc(Nc2nc3ccccc3nc2NS(=O)(=O)c2ccc(F)cc2)cc1. The highest BCUT2D eigenvalue weighted by Gasteiger charge is 2.19. The molecule has 10 heteroatoms. The van der Waals surface area contributed by atoms with Gasteiger partial charge in [-0.25, -0.2) is 22.8 Å². The van der Waals surface area contributed by atoms with E-state index in [4.69, 9.17) is 0 Å². The molecule has 0 aliphatic carbocycles. The van der Waals surface area contributed by atoms with Gasteiger partial charge in [0.2, 0.25) is 5.91 Å². The number of benzene rings is 3. The second kappa shape index (κ2) is 8.60. The summed E-state index contributed by atoms with van der Waals surface area (Å²) in [5, 5.41) is 5.73. The van der Waals surface area contributed by atoms with Gasteiger partial charge in [-0.05, 0) is 60.7 Å². The minimum Gasteiger partial charge on any atom is -0.337 e. The van der Waals surface area contributed by atoms with Gasteiger partial charge in [0.25, 0.3) is 10.0 Å². The fourth-order valence-electron chi connectivity index (χ4n) is 2.94. The van der Waals surface area contributed by atoms with Crippen LogP contribution in [0.25, 0.3) is 11.0 Å². The molecule has 3 N–H and O–H groups in total. The zero-order valence-electron chi connectivity index (χ0n) is 16.8. The van der Waals surface area contributed by atoms with E-state index < -0.39 is 15.8 Å². The molecule has 0 aliphatic rings. The third-order valence-corrected chi connectivity index (χ3v) is 5.75. The molecule has 0 saturated heterocycles. The third-order valence-electron chi connectivity index (χ3n) is 4.39. The number of hydrogen-bond acceptors (Lipinski definition) is 6. The molecule has 0 spiro atoms. The van der Waals surface area contributed by atoms with Crippen LogP contribution in [0, 0.1) is 5.82 Å². The number of amides is 1. The quantitative estimate of drug-likeness (QED) is 0.403. The first-order valence-corrected chi connectivity index (χ1v) is 11.0. The Kier molecular flexibility index (Phi) is 5.69. The van der Waals surface area contributed by atoms with E-state index in [9.17, 15) is 17.6 Å². The number of rotatable bonds is 6. The molecule has 0 atom stereocenters. The molecule has 0 aliphatic heterocycles. The first kappa shape index (κ1) is 21.2. The predicted molar refractivity (Wildman–Crippen MR) is 121 cm³/mol. The summed E-state index contributed by atoms with van der Waals surface area (Å²) in [5.74, 6) is -0.566. The number of fused-ring (bicyclic) bond motifs is 1. The van der Waals surface area contributed by atoms with E-state index in [1.165, 1.54) is 19.1 Å². The highest BCUT2D eigenvalue weighted by molar-refractivity contribution is 7.92. The fourth-order valence-corrected chi connectivity index (χ4v) is 3.94. The van der Waals surface area contributed by atoms with E-state index in [1.54, 1.807) is 48.5 Å². The summed E-state index contributed by atoms with van der Waals surface area (Å²) in [6, 6.07) is 18.3. The number of halogens is 1. The lowest BCUT2D eigenvalue weighted by atomic mass is 10.2. The molecule has 4 rings (SSSR count). The Hall–Kier alpha value is -4.05. The zero-order chi connectivity index (χ0) is 22.7. The van der Waals surface area contributed by atoms with E-state index >= 15 is 0 Å². The number of nitrogens with one attached hydrogen (secondary N) is 3. The van der Waals surface area contributed by atoms with Crippen molar-refractivity contribution >= 4 is 50.0 Å². The summed E-state index contributed by atoms with van der Waals surface area (Å²) in [5.41, 5.74) is 2.28. The second-order valence-corrected chi connectivity index (χ2v) is 8.53. The summed E-state index contributed by atoms with van der Waals surface area (Å²) in [6.07, 6.45) is 0. The van der Waals surface area contributed by atoms with Crippen molar-refractivity contribution in [3.05, 3.63) is 78.6 Å². The average Bonchev–Trinajstić information content (AvgIpc) is 2.75. The van der Waals surface area contributed by atoms with Crippen LogP contribution < -0.4 is 15.4 Å². The lowest BCUT2D eigenvalue weighted by Gasteiger charge is -2.14. The number of sulfonamides is 1. The molecule has 1 aromatic heterocycles. The van der Waals surface area contributed by atoms with Gasteiger partial charge in [0.05, 0.1) is 15.9 Å². The Bertz CT molecular complexity index is 1390. The van der Waals surface area contributed by atoms with Crippen molar-refractivity contribution in [2.75, 3.05) is 15.4 Å². The highest BCUT2D eigenvalue weighted by Crippen LogP contribution is 2.27. The molecule has 1 heterocycles. The van der Waals surface area contributed by atoms with Crippen molar-refractivity contribution in [1.82, 2.24) is 9.97 Å². The van der Waals surface area contributed by atoms with Crippen LogP contribution in [0.5, 0.6) is 0 Å². The lowest BCUT2D eigenvalue weighted by Crippen LogP contribution is -2.16. The smallest absolute Gasteiger partial charge is 0.263 e. The Morgan fingerprint density at radius 2 is 1.38 bits per heavy atom. The van der Waals surface area contributed by atoms with Gasteiger partial charge in [0, 0.05) is 18.3 Å². The minimum absolute atomic E-state index is 0.0148. The average molecular weight is 451 g/mol. The van der Waals surface area contributed by atoms with Crippen molar-refractivity contribution in [1.29, 1.82) is 0 Å². The third kappa shape index (κ3) is 4.81. The molecule has 0 saturated carbocycles. The van der Waals surface area contributed by atoms with Crippen LogP contribution in [-0.2, 0) is 14.8 Å². The van der Waals surface area contributed by atoms with Crippen LogP contribution in [0.4, 0.5) is 27.4 Å². The summed E-state index contributed by atoms with van der Waals surface area (Å²) in [4.78, 5) is 20.0. The first-order chi connectivity index (χ1) is 15.3. The van der Waals surface area contributed by atoms with Crippen molar-refractivity contribution in [3.63, 3.8) is 0 Å². The number of aromatic nitrogens is 2. The van der Waals surface area contributed by atoms with E-state index in [-0.39, 0.29) is 22.4 Å². The molecule has 3 aromatic carbocycles. The van der Waals surface area contributed by atoms with Crippen LogP contribution in [0.1, 0.15) is 6.92 Å². The van der Waals surface area contributed by atoms with Crippen LogP contribution in [-0.4, -0.2) is 24.3 Å². The molecule has 0 fully saturated rings. The van der Waals surface area contributed by atoms with Crippen molar-refractivity contribution in [3.8, 4) is 0 Å². The van der Waals surface area contributed by atoms with Gasteiger partial charge in [0.15, 0.2) is 11.6 Å². The van der Waals surface area contributed by atoms with E-state index in [0.717, 1.165) is 12.1 Å². The van der Waals surface area contributed by atoms with Gasteiger partial charge >= 0.3 is 0 Å². The van der Waals surface area contributed by atoms with E-state index in [2.05, 4.69) is 25.3 Å². The maximum atomic E-state index is 13.2. The van der Waals surface area contributed by atoms with Crippen LogP contribution in [0.3, 0.4) is 0 Å². The molecule has 1 amide bonds. The predicted octanol–water partition coefficient (Wildman–Crippen LogP) is 4.27. The normalized spacial score (nSPS) is 11.2. The number of anilines is 4. The fraction of sp³-hybridized carbons (Fsp3) is 0.0455. The van der Waals surface area contributed by atoms with Gasteiger partial charge < -0.3 is 10.6 Å².